The van der Waals surface area contributed by atoms with Gasteiger partial charge in [0.05, 0.1) is 6.61 Å². The quantitative estimate of drug-likeness (QED) is 0.192. The first kappa shape index (κ1) is 25.3. The first-order valence-electron chi connectivity index (χ1n) is 11.5. The molecule has 0 spiro atoms. The molecule has 0 aromatic rings. The summed E-state index contributed by atoms with van der Waals surface area (Å²) in [5.41, 5.74) is -2.11. The average Bonchev–Trinajstić information content (AvgIpc) is 2.71. The third-order valence-corrected chi connectivity index (χ3v) is 10.5. The fourth-order valence-electron chi connectivity index (χ4n) is 4.57. The summed E-state index contributed by atoms with van der Waals surface area (Å²) in [5.74, 6) is -0.444. The van der Waals surface area contributed by atoms with E-state index < -0.39 is 24.4 Å². The topological polar surface area (TPSA) is 69.7 Å². The number of ketones is 1. The molecule has 0 bridgehead atoms. The maximum Gasteiger partial charge on any atom is 0.322 e. The minimum absolute atomic E-state index is 0.00615. The Bertz CT molecular complexity index is 666. The molecule has 2 unspecified atom stereocenters. The minimum Gasteiger partial charge on any atom is -0.459 e. The Morgan fingerprint density at radius 1 is 0.967 bits per heavy atom. The van der Waals surface area contributed by atoms with Crippen LogP contribution in [0.1, 0.15) is 92.4 Å². The Kier molecular flexibility index (Phi) is 8.55. The minimum atomic E-state index is -3.03. The van der Waals surface area contributed by atoms with Crippen LogP contribution in [-0.4, -0.2) is 35.3 Å². The van der Waals surface area contributed by atoms with E-state index in [0.29, 0.717) is 5.92 Å². The highest BCUT2D eigenvalue weighted by Crippen LogP contribution is 2.64. The Morgan fingerprint density at radius 2 is 1.50 bits per heavy atom. The van der Waals surface area contributed by atoms with Crippen LogP contribution in [-0.2, 0) is 23.4 Å². The van der Waals surface area contributed by atoms with E-state index in [4.69, 9.17) is 9.26 Å². The Morgan fingerprint density at radius 3 is 1.97 bits per heavy atom. The second kappa shape index (κ2) is 10.1. The molecule has 172 valence electrons. The van der Waals surface area contributed by atoms with E-state index >= 15 is 0 Å². The third kappa shape index (κ3) is 6.07. The molecule has 2 rings (SSSR count). The van der Waals surface area contributed by atoms with Crippen LogP contribution >= 0.6 is 7.37 Å². The van der Waals surface area contributed by atoms with Crippen LogP contribution in [0.3, 0.4) is 0 Å². The predicted octanol–water partition coefficient (Wildman–Crippen LogP) is 6.30. The van der Waals surface area contributed by atoms with Gasteiger partial charge >= 0.3 is 5.97 Å². The summed E-state index contributed by atoms with van der Waals surface area (Å²) < 4.78 is 26.1. The van der Waals surface area contributed by atoms with Gasteiger partial charge in [-0.3, -0.25) is 14.2 Å². The molecular weight excluding hydrogens is 399 g/mol. The van der Waals surface area contributed by atoms with Crippen molar-refractivity contribution in [3.05, 3.63) is 12.7 Å². The lowest BCUT2D eigenvalue weighted by Gasteiger charge is -2.40. The van der Waals surface area contributed by atoms with E-state index in [2.05, 4.69) is 6.58 Å². The number of esters is 1. The van der Waals surface area contributed by atoms with Crippen molar-refractivity contribution in [1.82, 2.24) is 0 Å². The molecule has 0 aromatic carbocycles. The third-order valence-electron chi connectivity index (χ3n) is 6.85. The van der Waals surface area contributed by atoms with Crippen LogP contribution in [0.15, 0.2) is 12.7 Å². The van der Waals surface area contributed by atoms with E-state index in [-0.39, 0.29) is 23.7 Å². The van der Waals surface area contributed by atoms with Gasteiger partial charge in [-0.15, -0.1) is 6.58 Å². The molecule has 2 aliphatic carbocycles. The molecule has 5 nitrogen and oxygen atoms in total. The normalized spacial score (nSPS) is 27.5. The van der Waals surface area contributed by atoms with Crippen LogP contribution in [0.2, 0.25) is 0 Å². The van der Waals surface area contributed by atoms with Crippen LogP contribution in [0.4, 0.5) is 0 Å². The molecule has 0 aliphatic heterocycles. The van der Waals surface area contributed by atoms with Gasteiger partial charge in [0.25, 0.3) is 0 Å². The lowest BCUT2D eigenvalue weighted by atomic mass is 9.87. The van der Waals surface area contributed by atoms with Crippen molar-refractivity contribution >= 4 is 19.1 Å². The van der Waals surface area contributed by atoms with E-state index in [1.54, 1.807) is 27.7 Å². The van der Waals surface area contributed by atoms with Crippen molar-refractivity contribution in [3.8, 4) is 0 Å². The van der Waals surface area contributed by atoms with E-state index in [1.165, 1.54) is 13.3 Å². The number of carbonyl (C=O) groups excluding carboxylic acids is 2. The first-order chi connectivity index (χ1) is 13.9. The predicted molar refractivity (Wildman–Crippen MR) is 121 cm³/mol. The van der Waals surface area contributed by atoms with Gasteiger partial charge in [-0.05, 0) is 79.1 Å². The zero-order valence-electron chi connectivity index (χ0n) is 19.6. The molecule has 0 radical (unpaired) electrons. The van der Waals surface area contributed by atoms with Gasteiger partial charge in [-0.2, -0.15) is 0 Å². The van der Waals surface area contributed by atoms with Gasteiger partial charge in [-0.1, -0.05) is 25.3 Å². The van der Waals surface area contributed by atoms with Crippen molar-refractivity contribution in [2.24, 2.45) is 11.3 Å². The maximum absolute atomic E-state index is 14.4. The molecule has 30 heavy (non-hydrogen) atoms. The fourth-order valence-corrected chi connectivity index (χ4v) is 8.15. The van der Waals surface area contributed by atoms with Crippen molar-refractivity contribution in [2.45, 2.75) is 109 Å². The Balaban J connectivity index is 2.23. The monoisotopic (exact) mass is 440 g/mol. The fraction of sp³-hybridized carbons (Fsp3) is 0.833. The summed E-state index contributed by atoms with van der Waals surface area (Å²) >= 11 is 0. The molecule has 6 heteroatoms. The molecule has 0 amide bonds. The van der Waals surface area contributed by atoms with Crippen LogP contribution in [0, 0.1) is 11.3 Å². The summed E-state index contributed by atoms with van der Waals surface area (Å²) in [6.07, 6.45) is 10.8. The summed E-state index contributed by atoms with van der Waals surface area (Å²) in [4.78, 5) is 25.3. The Labute approximate surface area is 182 Å². The molecule has 2 atom stereocenters. The summed E-state index contributed by atoms with van der Waals surface area (Å²) in [6.45, 7) is 12.0. The summed E-state index contributed by atoms with van der Waals surface area (Å²) in [5, 5.41) is 0. The molecule has 2 saturated carbocycles. The standard InChI is InChI=1S/C24H41O5P/c1-7-19-13-15-21(16-14-19)30(27,20-11-9-8-10-12-20)28-17-24(6,18(2)25)22(26)29-23(3,4)5/h7,19-21H,1,8-17H2,2-6H3. The van der Waals surface area contributed by atoms with Crippen molar-refractivity contribution < 1.29 is 23.4 Å². The molecule has 0 saturated heterocycles. The second-order valence-corrected chi connectivity index (χ2v) is 13.4. The van der Waals surface area contributed by atoms with Gasteiger partial charge in [0.15, 0.2) is 0 Å². The van der Waals surface area contributed by atoms with Crippen molar-refractivity contribution in [3.63, 3.8) is 0 Å². The number of ether oxygens (including phenoxy) is 1. The van der Waals surface area contributed by atoms with Gasteiger partial charge in [0.1, 0.15) is 16.8 Å². The summed E-state index contributed by atoms with van der Waals surface area (Å²) in [7, 11) is -3.03. The lowest BCUT2D eigenvalue weighted by molar-refractivity contribution is -0.170. The van der Waals surface area contributed by atoms with Crippen LogP contribution in [0.25, 0.3) is 0 Å². The highest BCUT2D eigenvalue weighted by molar-refractivity contribution is 7.60. The van der Waals surface area contributed by atoms with E-state index in [1.807, 2.05) is 6.08 Å². The number of rotatable bonds is 8. The SMILES string of the molecule is C=CC1CCC(P(=O)(OCC(C)(C(C)=O)C(=O)OC(C)(C)C)C2CCCCC2)CC1. The average molecular weight is 441 g/mol. The highest BCUT2D eigenvalue weighted by Gasteiger charge is 2.48. The van der Waals surface area contributed by atoms with Gasteiger partial charge in [0.2, 0.25) is 7.37 Å². The van der Waals surface area contributed by atoms with E-state index in [9.17, 15) is 14.2 Å². The smallest absolute Gasteiger partial charge is 0.322 e. The number of allylic oxidation sites excluding steroid dienone is 1. The maximum atomic E-state index is 14.4. The molecule has 0 heterocycles. The van der Waals surface area contributed by atoms with Gasteiger partial charge < -0.3 is 9.26 Å². The molecule has 2 fully saturated rings. The number of hydrogen-bond donors (Lipinski definition) is 0. The Hall–Kier alpha value is -0.930. The molecule has 2 aliphatic rings. The van der Waals surface area contributed by atoms with Crippen LogP contribution < -0.4 is 0 Å². The lowest BCUT2D eigenvalue weighted by Crippen LogP contribution is -2.44. The molecule has 0 aromatic heterocycles. The number of hydrogen-bond acceptors (Lipinski definition) is 5. The van der Waals surface area contributed by atoms with Gasteiger partial charge in [-0.25, -0.2) is 0 Å². The number of carbonyl (C=O) groups is 2. The van der Waals surface area contributed by atoms with Gasteiger partial charge in [0, 0.05) is 11.3 Å². The van der Waals surface area contributed by atoms with Crippen LogP contribution in [0.5, 0.6) is 0 Å². The summed E-state index contributed by atoms with van der Waals surface area (Å²) in [6, 6.07) is 0. The van der Waals surface area contributed by atoms with Crippen molar-refractivity contribution in [1.29, 1.82) is 0 Å². The highest BCUT2D eigenvalue weighted by atomic mass is 31.2. The largest absolute Gasteiger partial charge is 0.459 e. The zero-order valence-corrected chi connectivity index (χ0v) is 20.5. The molecule has 0 N–H and O–H groups in total. The number of Topliss-reactive ketones (excluding diaryl/α,β-unsaturated/α-hetero) is 1. The zero-order chi connectivity index (χ0) is 22.6. The first-order valence-corrected chi connectivity index (χ1v) is 13.3. The van der Waals surface area contributed by atoms with Crippen molar-refractivity contribution in [2.75, 3.05) is 6.61 Å². The van der Waals surface area contributed by atoms with E-state index in [0.717, 1.165) is 51.4 Å². The molecular formula is C24H41O5P. The second-order valence-electron chi connectivity index (χ2n) is 10.4.